The van der Waals surface area contributed by atoms with Crippen molar-refractivity contribution >= 4 is 17.7 Å². The Labute approximate surface area is 111 Å². The third-order valence-electron chi connectivity index (χ3n) is 2.64. The van der Waals surface area contributed by atoms with Gasteiger partial charge in [0.25, 0.3) is 0 Å². The van der Waals surface area contributed by atoms with E-state index in [1.165, 1.54) is 0 Å². The minimum Gasteiger partial charge on any atom is -0.491 e. The van der Waals surface area contributed by atoms with Crippen molar-refractivity contribution in [3.63, 3.8) is 0 Å². The lowest BCUT2D eigenvalue weighted by molar-refractivity contribution is -0.138. The van der Waals surface area contributed by atoms with E-state index in [0.29, 0.717) is 5.75 Å². The molecule has 0 bridgehead atoms. The van der Waals surface area contributed by atoms with Crippen molar-refractivity contribution < 1.29 is 14.6 Å². The van der Waals surface area contributed by atoms with Crippen LogP contribution in [-0.2, 0) is 4.79 Å². The first-order chi connectivity index (χ1) is 8.58. The van der Waals surface area contributed by atoms with Crippen molar-refractivity contribution in [3.05, 3.63) is 29.8 Å². The number of carboxylic acid groups (broad SMARTS) is 1. The summed E-state index contributed by atoms with van der Waals surface area (Å²) < 4.78 is 5.75. The first-order valence-electron chi connectivity index (χ1n) is 5.94. The van der Waals surface area contributed by atoms with Crippen LogP contribution in [0.1, 0.15) is 24.8 Å². The standard InChI is InChI=1S/C13H17NO3S/c1-8(2)17-11-6-4-3-5-9(11)12-14-10(7-18-12)13(15)16/h3-6,8,10,12,14H,7H2,1-2H3,(H,15,16)/t10-,12+/m1/s1. The topological polar surface area (TPSA) is 58.6 Å². The van der Waals surface area contributed by atoms with Gasteiger partial charge in [0.2, 0.25) is 0 Å². The van der Waals surface area contributed by atoms with Gasteiger partial charge in [-0.1, -0.05) is 18.2 Å². The molecule has 2 atom stereocenters. The Morgan fingerprint density at radius 2 is 2.22 bits per heavy atom. The van der Waals surface area contributed by atoms with Gasteiger partial charge in [-0.3, -0.25) is 10.1 Å². The normalized spacial score (nSPS) is 23.3. The van der Waals surface area contributed by atoms with Crippen LogP contribution in [0.2, 0.25) is 0 Å². The van der Waals surface area contributed by atoms with Gasteiger partial charge in [-0.05, 0) is 19.9 Å². The molecule has 0 aliphatic carbocycles. The summed E-state index contributed by atoms with van der Waals surface area (Å²) in [6, 6.07) is 7.29. The van der Waals surface area contributed by atoms with Crippen molar-refractivity contribution in [1.29, 1.82) is 0 Å². The van der Waals surface area contributed by atoms with Crippen LogP contribution in [0.4, 0.5) is 0 Å². The number of para-hydroxylation sites is 1. The van der Waals surface area contributed by atoms with Crippen molar-refractivity contribution in [2.24, 2.45) is 0 Å². The van der Waals surface area contributed by atoms with Crippen molar-refractivity contribution in [2.45, 2.75) is 31.4 Å². The third-order valence-corrected chi connectivity index (χ3v) is 3.89. The van der Waals surface area contributed by atoms with Crippen LogP contribution in [-0.4, -0.2) is 29.0 Å². The van der Waals surface area contributed by atoms with E-state index < -0.39 is 12.0 Å². The van der Waals surface area contributed by atoms with Crippen LogP contribution in [0.15, 0.2) is 24.3 Å². The number of carbonyl (C=O) groups is 1. The highest BCUT2D eigenvalue weighted by Gasteiger charge is 2.31. The molecule has 2 rings (SSSR count). The molecule has 0 amide bonds. The summed E-state index contributed by atoms with van der Waals surface area (Å²) in [5, 5.41) is 12.1. The largest absolute Gasteiger partial charge is 0.491 e. The number of thioether (sulfide) groups is 1. The van der Waals surface area contributed by atoms with Gasteiger partial charge >= 0.3 is 5.97 Å². The second kappa shape index (κ2) is 5.63. The second-order valence-electron chi connectivity index (χ2n) is 4.48. The highest BCUT2D eigenvalue weighted by atomic mass is 32.2. The highest BCUT2D eigenvalue weighted by molar-refractivity contribution is 7.99. The molecule has 1 aliphatic rings. The van der Waals surface area contributed by atoms with Crippen LogP contribution in [0, 0.1) is 0 Å². The summed E-state index contributed by atoms with van der Waals surface area (Å²) in [4.78, 5) is 10.9. The zero-order chi connectivity index (χ0) is 13.1. The van der Waals surface area contributed by atoms with E-state index in [9.17, 15) is 4.79 Å². The van der Waals surface area contributed by atoms with Crippen LogP contribution in [0.5, 0.6) is 5.75 Å². The van der Waals surface area contributed by atoms with Gasteiger partial charge in [-0.2, -0.15) is 0 Å². The number of carboxylic acids is 1. The molecular formula is C13H17NO3S. The van der Waals surface area contributed by atoms with E-state index >= 15 is 0 Å². The molecule has 5 heteroatoms. The molecule has 1 aromatic carbocycles. The maximum absolute atomic E-state index is 10.9. The molecule has 1 aliphatic heterocycles. The molecule has 1 heterocycles. The van der Waals surface area contributed by atoms with Gasteiger partial charge in [0.15, 0.2) is 0 Å². The predicted molar refractivity (Wildman–Crippen MR) is 72.0 cm³/mol. The maximum atomic E-state index is 10.9. The lowest BCUT2D eigenvalue weighted by Gasteiger charge is -2.18. The van der Waals surface area contributed by atoms with E-state index in [1.807, 2.05) is 38.1 Å². The Morgan fingerprint density at radius 1 is 1.50 bits per heavy atom. The first kappa shape index (κ1) is 13.2. The fourth-order valence-electron chi connectivity index (χ4n) is 1.85. The van der Waals surface area contributed by atoms with Crippen LogP contribution < -0.4 is 10.1 Å². The SMILES string of the molecule is CC(C)Oc1ccccc1[C@H]1N[C@@H](C(=O)O)CS1. The molecule has 4 nitrogen and oxygen atoms in total. The van der Waals surface area contributed by atoms with E-state index in [4.69, 9.17) is 9.84 Å². The fraction of sp³-hybridized carbons (Fsp3) is 0.462. The predicted octanol–water partition coefficient (Wildman–Crippen LogP) is 2.26. The fourth-order valence-corrected chi connectivity index (χ4v) is 3.11. The van der Waals surface area contributed by atoms with E-state index in [-0.39, 0.29) is 11.5 Å². The van der Waals surface area contributed by atoms with Gasteiger partial charge in [0.05, 0.1) is 11.5 Å². The molecule has 1 aromatic rings. The van der Waals surface area contributed by atoms with Gasteiger partial charge < -0.3 is 9.84 Å². The number of benzene rings is 1. The molecule has 1 fully saturated rings. The molecular weight excluding hydrogens is 250 g/mol. The molecule has 2 N–H and O–H groups in total. The maximum Gasteiger partial charge on any atom is 0.321 e. The number of hydrogen-bond donors (Lipinski definition) is 2. The monoisotopic (exact) mass is 267 g/mol. The number of nitrogens with one attached hydrogen (secondary N) is 1. The van der Waals surface area contributed by atoms with E-state index in [0.717, 1.165) is 11.3 Å². The number of ether oxygens (including phenoxy) is 1. The minimum atomic E-state index is -0.799. The van der Waals surface area contributed by atoms with Gasteiger partial charge in [0.1, 0.15) is 11.8 Å². The van der Waals surface area contributed by atoms with Crippen molar-refractivity contribution in [3.8, 4) is 5.75 Å². The zero-order valence-electron chi connectivity index (χ0n) is 10.4. The van der Waals surface area contributed by atoms with Gasteiger partial charge in [-0.15, -0.1) is 11.8 Å². The zero-order valence-corrected chi connectivity index (χ0v) is 11.2. The average Bonchev–Trinajstić information content (AvgIpc) is 2.78. The van der Waals surface area contributed by atoms with Crippen molar-refractivity contribution in [2.75, 3.05) is 5.75 Å². The van der Waals surface area contributed by atoms with Crippen molar-refractivity contribution in [1.82, 2.24) is 5.32 Å². The Hall–Kier alpha value is -1.20. The Morgan fingerprint density at radius 3 is 2.83 bits per heavy atom. The summed E-state index contributed by atoms with van der Waals surface area (Å²) in [5.41, 5.74) is 1.01. The summed E-state index contributed by atoms with van der Waals surface area (Å²) in [6.07, 6.45) is 0.104. The number of rotatable bonds is 4. The second-order valence-corrected chi connectivity index (χ2v) is 5.61. The smallest absolute Gasteiger partial charge is 0.321 e. The number of aliphatic carboxylic acids is 1. The van der Waals surface area contributed by atoms with Crippen LogP contribution in [0.25, 0.3) is 0 Å². The van der Waals surface area contributed by atoms with Crippen LogP contribution >= 0.6 is 11.8 Å². The van der Waals surface area contributed by atoms with E-state index in [1.54, 1.807) is 11.8 Å². The quantitative estimate of drug-likeness (QED) is 0.876. The Bertz CT molecular complexity index is 436. The van der Waals surface area contributed by atoms with Gasteiger partial charge in [-0.25, -0.2) is 0 Å². The van der Waals surface area contributed by atoms with Crippen LogP contribution in [0.3, 0.4) is 0 Å². The van der Waals surface area contributed by atoms with E-state index in [2.05, 4.69) is 5.32 Å². The molecule has 0 spiro atoms. The molecule has 18 heavy (non-hydrogen) atoms. The molecule has 98 valence electrons. The summed E-state index contributed by atoms with van der Waals surface area (Å²) in [7, 11) is 0. The Kier molecular flexibility index (Phi) is 4.14. The highest BCUT2D eigenvalue weighted by Crippen LogP contribution is 2.37. The summed E-state index contributed by atoms with van der Waals surface area (Å²) in [6.45, 7) is 3.96. The molecule has 0 aromatic heterocycles. The third kappa shape index (κ3) is 2.97. The number of hydrogen-bond acceptors (Lipinski definition) is 4. The summed E-state index contributed by atoms with van der Waals surface area (Å²) in [5.74, 6) is 0.603. The molecule has 0 saturated carbocycles. The molecule has 0 radical (unpaired) electrons. The average molecular weight is 267 g/mol. The van der Waals surface area contributed by atoms with Gasteiger partial charge in [0, 0.05) is 11.3 Å². The minimum absolute atomic E-state index is 0.0129. The lowest BCUT2D eigenvalue weighted by atomic mass is 10.2. The first-order valence-corrected chi connectivity index (χ1v) is 6.99. The molecule has 1 saturated heterocycles. The summed E-state index contributed by atoms with van der Waals surface area (Å²) >= 11 is 1.60. The Balaban J connectivity index is 2.16. The molecule has 0 unspecified atom stereocenters. The lowest BCUT2D eigenvalue weighted by Crippen LogP contribution is -2.33.